The Morgan fingerprint density at radius 1 is 0.276 bits per heavy atom. The van der Waals surface area contributed by atoms with Gasteiger partial charge >= 0.3 is 0 Å². The second kappa shape index (κ2) is 32.5. The molecule has 0 amide bonds. The molecule has 8 aromatic rings. The van der Waals surface area contributed by atoms with Crippen molar-refractivity contribution in [1.82, 2.24) is 0 Å². The lowest BCUT2D eigenvalue weighted by atomic mass is 9.95. The van der Waals surface area contributed by atoms with E-state index < -0.39 is 79.9 Å². The molecule has 3 saturated heterocycles. The van der Waals surface area contributed by atoms with Crippen LogP contribution in [-0.2, 0) is 114 Å². The summed E-state index contributed by atoms with van der Waals surface area (Å²) in [6.07, 6.45) is -10.5. The van der Waals surface area contributed by atoms with Crippen LogP contribution in [0.1, 0.15) is 64.8 Å². The van der Waals surface area contributed by atoms with Crippen LogP contribution in [0.2, 0.25) is 0 Å². The van der Waals surface area contributed by atoms with Crippen LogP contribution in [0.25, 0.3) is 0 Å². The smallest absolute Gasteiger partial charge is 0.187 e. The number of hydrogen-bond donors (Lipinski definition) is 0. The molecule has 454 valence electrons. The van der Waals surface area contributed by atoms with Gasteiger partial charge in [0, 0.05) is 6.42 Å². The largest absolute Gasteiger partial charge is 0.374 e. The Bertz CT molecular complexity index is 3160. The van der Waals surface area contributed by atoms with Gasteiger partial charge in [-0.1, -0.05) is 243 Å². The maximum atomic E-state index is 7.61. The molecule has 13 heteroatoms. The summed E-state index contributed by atoms with van der Waals surface area (Å²) in [4.78, 5) is 0. The van der Waals surface area contributed by atoms with E-state index in [0.717, 1.165) is 44.5 Å². The van der Waals surface area contributed by atoms with Crippen molar-refractivity contribution in [3.8, 4) is 0 Å². The molecule has 3 heterocycles. The molecule has 0 aliphatic carbocycles. The summed E-state index contributed by atoms with van der Waals surface area (Å²) in [7, 11) is 0. The van der Waals surface area contributed by atoms with Gasteiger partial charge in [0.2, 0.25) is 0 Å². The van der Waals surface area contributed by atoms with E-state index in [9.17, 15) is 0 Å². The molecule has 87 heavy (non-hydrogen) atoms. The Kier molecular flexibility index (Phi) is 23.1. The van der Waals surface area contributed by atoms with E-state index >= 15 is 0 Å². The third kappa shape index (κ3) is 18.0. The predicted molar refractivity (Wildman–Crippen MR) is 329 cm³/mol. The summed E-state index contributed by atoms with van der Waals surface area (Å²) in [6.45, 7) is 6.26. The van der Waals surface area contributed by atoms with Gasteiger partial charge in [-0.2, -0.15) is 0 Å². The third-order valence-electron chi connectivity index (χ3n) is 15.9. The van der Waals surface area contributed by atoms with Crippen LogP contribution >= 0.6 is 0 Å². The summed E-state index contributed by atoms with van der Waals surface area (Å²) < 4.78 is 92.2. The van der Waals surface area contributed by atoms with Crippen molar-refractivity contribution < 1.29 is 61.6 Å². The van der Waals surface area contributed by atoms with E-state index in [2.05, 4.69) is 24.3 Å². The van der Waals surface area contributed by atoms with Gasteiger partial charge in [0.05, 0.1) is 77.8 Å². The SMILES string of the molecule is C[C@@H]1O[C@@H](OCc2ccccc2)[C@H](OCc2ccccc2)[C@H](OCc2ccccc2)[C@H]1O[C@H]1O[C@H](COCc2ccccc2)[C@@H](OCc2ccccc2)[C@H](O[C@H]2O[C@H](C)[C@@H](OCc3ccccc3)C[C@@H]2OCc2ccccc2)[C@@H]1OCc1ccccc1. The normalized spacial score (nSPS) is 26.5. The molecule has 0 aromatic heterocycles. The Morgan fingerprint density at radius 3 is 1.02 bits per heavy atom. The maximum absolute atomic E-state index is 7.61. The summed E-state index contributed by atoms with van der Waals surface area (Å²) in [5, 5.41) is 0. The molecule has 0 bridgehead atoms. The zero-order valence-electron chi connectivity index (χ0n) is 49.6. The maximum Gasteiger partial charge on any atom is 0.187 e. The Labute approximate surface area is 512 Å². The van der Waals surface area contributed by atoms with Crippen LogP contribution in [0.3, 0.4) is 0 Å². The van der Waals surface area contributed by atoms with Crippen molar-refractivity contribution in [2.24, 2.45) is 0 Å². The highest BCUT2D eigenvalue weighted by Gasteiger charge is 2.55. The lowest BCUT2D eigenvalue weighted by molar-refractivity contribution is -0.388. The molecule has 13 nitrogen and oxygen atoms in total. The van der Waals surface area contributed by atoms with Crippen molar-refractivity contribution in [3.05, 3.63) is 287 Å². The van der Waals surface area contributed by atoms with E-state index in [1.165, 1.54) is 0 Å². The number of hydrogen-bond acceptors (Lipinski definition) is 13. The molecule has 3 aliphatic rings. The van der Waals surface area contributed by atoms with Gasteiger partial charge in [0.15, 0.2) is 18.9 Å². The number of rotatable bonds is 29. The van der Waals surface area contributed by atoms with Gasteiger partial charge in [-0.05, 0) is 58.4 Å². The summed E-state index contributed by atoms with van der Waals surface area (Å²) in [5.74, 6) is 0. The molecule has 11 rings (SSSR count). The zero-order chi connectivity index (χ0) is 59.2. The summed E-state index contributed by atoms with van der Waals surface area (Å²) in [6, 6.07) is 80.6. The van der Waals surface area contributed by atoms with Gasteiger partial charge in [0.25, 0.3) is 0 Å². The first-order valence-electron chi connectivity index (χ1n) is 30.4. The molecular weight excluding hydrogens is 1100 g/mol. The van der Waals surface area contributed by atoms with E-state index in [1.54, 1.807) is 0 Å². The fraction of sp³-hybridized carbons (Fsp3) is 0.351. The van der Waals surface area contributed by atoms with Crippen molar-refractivity contribution in [3.63, 3.8) is 0 Å². The molecule has 0 spiro atoms. The van der Waals surface area contributed by atoms with Crippen molar-refractivity contribution in [1.29, 1.82) is 0 Å². The van der Waals surface area contributed by atoms with Crippen LogP contribution in [0.15, 0.2) is 243 Å². The third-order valence-corrected chi connectivity index (χ3v) is 15.9. The average molecular weight is 1180 g/mol. The van der Waals surface area contributed by atoms with Crippen LogP contribution in [0, 0.1) is 0 Å². The number of ether oxygens (including phenoxy) is 13. The quantitative estimate of drug-likeness (QED) is 0.0443. The number of benzene rings is 8. The van der Waals surface area contributed by atoms with E-state index in [1.807, 2.05) is 232 Å². The standard InChI is InChI=1S/C74H80O13/c1-53-63(76-45-56-29-13-4-14-30-56)43-64(77-46-57-31-15-5-16-32-57)72(83-53)87-69-67(78-47-58-33-17-6-18-34-58)65(52-75-44-55-27-11-3-12-28-55)85-74(71(69)81-50-61-39-23-9-24-40-61)86-66-54(2)84-73(82-51-62-41-25-10-26-42-62)70(80-49-60-37-21-8-22-38-60)68(66)79-48-59-35-19-7-20-36-59/h3-42,53-54,63-74H,43-52H2,1-2H3/t53-,54+,63+,64+,65-,66+,67-,68-,69+,70-,71+,72-,73-,74-/m1/s1. The monoisotopic (exact) mass is 1180 g/mol. The van der Waals surface area contributed by atoms with E-state index in [-0.39, 0.29) is 45.7 Å². The molecule has 0 saturated carbocycles. The average Bonchev–Trinajstić information content (AvgIpc) is 1.88. The molecule has 8 aromatic carbocycles. The second-order valence-corrected chi connectivity index (χ2v) is 22.4. The van der Waals surface area contributed by atoms with Crippen molar-refractivity contribution >= 4 is 0 Å². The Hall–Kier alpha value is -6.76. The minimum absolute atomic E-state index is 0.0909. The lowest BCUT2D eigenvalue weighted by Crippen LogP contribution is -2.66. The van der Waals surface area contributed by atoms with Crippen molar-refractivity contribution in [2.75, 3.05) is 6.61 Å². The zero-order valence-corrected chi connectivity index (χ0v) is 49.6. The highest BCUT2D eigenvalue weighted by molar-refractivity contribution is 5.20. The van der Waals surface area contributed by atoms with Crippen LogP contribution in [-0.4, -0.2) is 92.6 Å². The highest BCUT2D eigenvalue weighted by Crippen LogP contribution is 2.39. The summed E-state index contributed by atoms with van der Waals surface area (Å²) in [5.41, 5.74) is 7.89. The van der Waals surface area contributed by atoms with Gasteiger partial charge < -0.3 is 61.6 Å². The minimum Gasteiger partial charge on any atom is -0.374 e. The minimum atomic E-state index is -1.16. The van der Waals surface area contributed by atoms with Crippen LogP contribution < -0.4 is 0 Å². The van der Waals surface area contributed by atoms with E-state index in [4.69, 9.17) is 61.6 Å². The predicted octanol–water partition coefficient (Wildman–Crippen LogP) is 13.3. The molecular formula is C74H80O13. The van der Waals surface area contributed by atoms with Crippen LogP contribution in [0.5, 0.6) is 0 Å². The molecule has 3 fully saturated rings. The first-order chi connectivity index (χ1) is 43.0. The van der Waals surface area contributed by atoms with Crippen LogP contribution in [0.4, 0.5) is 0 Å². The van der Waals surface area contributed by atoms with Gasteiger partial charge in [-0.15, -0.1) is 0 Å². The highest BCUT2D eigenvalue weighted by atomic mass is 16.8. The Morgan fingerprint density at radius 2 is 0.598 bits per heavy atom. The van der Waals surface area contributed by atoms with Gasteiger partial charge in [-0.25, -0.2) is 0 Å². The topological polar surface area (TPSA) is 120 Å². The fourth-order valence-electron chi connectivity index (χ4n) is 11.3. The van der Waals surface area contributed by atoms with Crippen molar-refractivity contribution in [2.45, 2.75) is 159 Å². The molecule has 14 atom stereocenters. The Balaban J connectivity index is 0.980. The van der Waals surface area contributed by atoms with E-state index in [0.29, 0.717) is 26.2 Å². The van der Waals surface area contributed by atoms with Gasteiger partial charge in [0.1, 0.15) is 48.8 Å². The first kappa shape index (κ1) is 61.9. The lowest BCUT2D eigenvalue weighted by Gasteiger charge is -2.51. The first-order valence-corrected chi connectivity index (χ1v) is 30.4. The molecule has 0 unspecified atom stereocenters. The molecule has 0 N–H and O–H groups in total. The summed E-state index contributed by atoms with van der Waals surface area (Å²) >= 11 is 0. The fourth-order valence-corrected chi connectivity index (χ4v) is 11.3. The second-order valence-electron chi connectivity index (χ2n) is 22.4. The molecule has 0 radical (unpaired) electrons. The molecule has 3 aliphatic heterocycles. The van der Waals surface area contributed by atoms with Gasteiger partial charge in [-0.3, -0.25) is 0 Å².